The molecule has 0 aliphatic carbocycles. The Labute approximate surface area is 173 Å². The first-order valence-corrected chi connectivity index (χ1v) is 9.55. The lowest BCUT2D eigenvalue weighted by Crippen LogP contribution is -2.52. The Bertz CT molecular complexity index is 1050. The summed E-state index contributed by atoms with van der Waals surface area (Å²) in [7, 11) is 0. The number of carboxylic acids is 1. The molecule has 6 rings (SSSR count). The van der Waals surface area contributed by atoms with E-state index in [-0.39, 0.29) is 6.10 Å². The van der Waals surface area contributed by atoms with Crippen LogP contribution < -0.4 is 4.74 Å². The minimum Gasteiger partial charge on any atom is -0.475 e. The van der Waals surface area contributed by atoms with Gasteiger partial charge in [0.1, 0.15) is 17.1 Å². The summed E-state index contributed by atoms with van der Waals surface area (Å²) in [5, 5.41) is 23.3. The first-order valence-electron chi connectivity index (χ1n) is 9.55. The summed E-state index contributed by atoms with van der Waals surface area (Å²) < 4.78 is 42.5. The smallest absolute Gasteiger partial charge is 0.475 e. The van der Waals surface area contributed by atoms with E-state index < -0.39 is 12.1 Å². The van der Waals surface area contributed by atoms with Crippen LogP contribution in [0, 0.1) is 5.92 Å². The number of ether oxygens (including phenoxy) is 1. The third-order valence-electron chi connectivity index (χ3n) is 5.30. The van der Waals surface area contributed by atoms with Crippen molar-refractivity contribution in [2.45, 2.75) is 25.1 Å². The van der Waals surface area contributed by atoms with Gasteiger partial charge in [-0.3, -0.25) is 4.90 Å². The maximum Gasteiger partial charge on any atom is 0.490 e. The number of carboxylic acid groups (broad SMARTS) is 1. The third-order valence-corrected chi connectivity index (χ3v) is 5.30. The maximum atomic E-state index is 10.6. The van der Waals surface area contributed by atoms with Crippen LogP contribution in [0.1, 0.15) is 12.8 Å². The van der Waals surface area contributed by atoms with Crippen molar-refractivity contribution in [1.29, 1.82) is 0 Å². The van der Waals surface area contributed by atoms with E-state index in [4.69, 9.17) is 19.3 Å². The number of hydrogen-bond donors (Lipinski definition) is 1. The number of aliphatic carboxylic acids is 1. The van der Waals surface area contributed by atoms with Crippen LogP contribution >= 0.6 is 0 Å². The molecule has 1 N–H and O–H groups in total. The van der Waals surface area contributed by atoms with Gasteiger partial charge in [0.15, 0.2) is 0 Å². The van der Waals surface area contributed by atoms with Gasteiger partial charge in [0.05, 0.1) is 5.69 Å². The van der Waals surface area contributed by atoms with Crippen LogP contribution in [0.3, 0.4) is 0 Å². The molecule has 164 valence electrons. The van der Waals surface area contributed by atoms with Crippen molar-refractivity contribution in [1.82, 2.24) is 25.4 Å². The average Bonchev–Trinajstić information content (AvgIpc) is 3.23. The lowest BCUT2D eigenvalue weighted by atomic mass is 9.86. The van der Waals surface area contributed by atoms with Crippen LogP contribution in [0.2, 0.25) is 0 Å². The van der Waals surface area contributed by atoms with Crippen LogP contribution in [0.4, 0.5) is 13.2 Å². The molecule has 9 nitrogen and oxygen atoms in total. The second-order valence-corrected chi connectivity index (χ2v) is 7.32. The third kappa shape index (κ3) is 4.90. The van der Waals surface area contributed by atoms with E-state index in [1.807, 2.05) is 30.3 Å². The highest BCUT2D eigenvalue weighted by molar-refractivity contribution is 5.79. The Kier molecular flexibility index (Phi) is 5.72. The topological polar surface area (TPSA) is 114 Å². The first-order chi connectivity index (χ1) is 14.8. The largest absolute Gasteiger partial charge is 0.490 e. The predicted molar refractivity (Wildman–Crippen MR) is 100 cm³/mol. The molecule has 1 aromatic carbocycles. The highest BCUT2D eigenvalue weighted by Gasteiger charge is 2.38. The zero-order valence-electron chi connectivity index (χ0n) is 16.1. The van der Waals surface area contributed by atoms with Crippen molar-refractivity contribution in [2.24, 2.45) is 5.92 Å². The molecule has 2 bridgehead atoms. The molecule has 3 aliphatic heterocycles. The summed E-state index contributed by atoms with van der Waals surface area (Å²) in [6.45, 7) is 3.41. The molecule has 0 amide bonds. The van der Waals surface area contributed by atoms with Gasteiger partial charge in [-0.15, -0.1) is 10.2 Å². The number of carbonyl (C=O) groups is 1. The maximum absolute atomic E-state index is 10.6. The first kappa shape index (κ1) is 21.0. The normalized spacial score (nSPS) is 22.6. The fraction of sp³-hybridized carbons (Fsp3) is 0.421. The van der Waals surface area contributed by atoms with Gasteiger partial charge in [-0.05, 0) is 60.4 Å². The number of fused-ring (bicyclic) bond motifs is 4. The molecule has 3 fully saturated rings. The number of alkyl halides is 3. The van der Waals surface area contributed by atoms with Gasteiger partial charge in [0, 0.05) is 18.2 Å². The number of rotatable bonds is 3. The molecule has 0 spiro atoms. The molecule has 3 saturated heterocycles. The van der Waals surface area contributed by atoms with Crippen molar-refractivity contribution >= 4 is 17.0 Å². The summed E-state index contributed by atoms with van der Waals surface area (Å²) in [6, 6.07) is 9.51. The fourth-order valence-corrected chi connectivity index (χ4v) is 3.68. The molecule has 31 heavy (non-hydrogen) atoms. The van der Waals surface area contributed by atoms with E-state index in [9.17, 15) is 13.2 Å². The molecule has 12 heteroatoms. The van der Waals surface area contributed by atoms with E-state index in [0.29, 0.717) is 17.3 Å². The minimum atomic E-state index is -5.08. The molecule has 1 atom stereocenters. The van der Waals surface area contributed by atoms with E-state index in [1.165, 1.54) is 25.9 Å². The Hall–Kier alpha value is -3.28. The number of benzene rings is 1. The minimum absolute atomic E-state index is 0.241. The Morgan fingerprint density at radius 3 is 2.39 bits per heavy atom. The Morgan fingerprint density at radius 2 is 1.81 bits per heavy atom. The highest BCUT2D eigenvalue weighted by atomic mass is 19.4. The zero-order chi connectivity index (χ0) is 22.0. The lowest BCUT2D eigenvalue weighted by molar-refractivity contribution is -0.192. The van der Waals surface area contributed by atoms with Crippen LogP contribution in [0.5, 0.6) is 5.88 Å². The lowest BCUT2D eigenvalue weighted by Gasteiger charge is -2.44. The van der Waals surface area contributed by atoms with Gasteiger partial charge in [-0.1, -0.05) is 6.07 Å². The summed E-state index contributed by atoms with van der Waals surface area (Å²) in [4.78, 5) is 11.4. The Balaban J connectivity index is 0.000000289. The van der Waals surface area contributed by atoms with Crippen LogP contribution in [0.25, 0.3) is 22.3 Å². The van der Waals surface area contributed by atoms with Gasteiger partial charge in [-0.2, -0.15) is 13.2 Å². The molecular weight excluding hydrogens is 419 g/mol. The summed E-state index contributed by atoms with van der Waals surface area (Å²) in [5.74, 6) is -1.51. The van der Waals surface area contributed by atoms with Gasteiger partial charge in [0.2, 0.25) is 5.88 Å². The number of hydrogen-bond acceptors (Lipinski definition) is 8. The summed E-state index contributed by atoms with van der Waals surface area (Å²) in [6.07, 6.45) is -2.39. The standard InChI is InChI=1S/C17H17N5O2.C2HF3O2/c1-2-14-15(21-24-20-14)9-12(1)13-3-4-17(19-18-13)23-16-10-22-7-5-11(16)6-8-22;3-2(4,5)1(6)7/h1-4,9,11,16H,5-8,10H2;(H,6,7)/t16-;/m0./s1. The van der Waals surface area contributed by atoms with Crippen LogP contribution in [-0.2, 0) is 4.79 Å². The number of halogens is 3. The molecule has 2 aromatic heterocycles. The number of aromatic nitrogens is 4. The van der Waals surface area contributed by atoms with Gasteiger partial charge < -0.3 is 9.84 Å². The highest BCUT2D eigenvalue weighted by Crippen LogP contribution is 2.30. The molecule has 3 aromatic rings. The second-order valence-electron chi connectivity index (χ2n) is 7.32. The Morgan fingerprint density at radius 1 is 1.10 bits per heavy atom. The van der Waals surface area contributed by atoms with Crippen LogP contribution in [-0.4, -0.2) is 68.4 Å². The van der Waals surface area contributed by atoms with Crippen molar-refractivity contribution in [3.05, 3.63) is 30.3 Å². The quantitative estimate of drug-likeness (QED) is 0.660. The van der Waals surface area contributed by atoms with E-state index >= 15 is 0 Å². The zero-order valence-corrected chi connectivity index (χ0v) is 16.1. The summed E-state index contributed by atoms with van der Waals surface area (Å²) in [5.41, 5.74) is 3.15. The molecule has 5 heterocycles. The number of piperidine rings is 3. The molecule has 0 saturated carbocycles. The molecular formula is C19H18F3N5O4. The molecule has 3 aliphatic rings. The average molecular weight is 437 g/mol. The van der Waals surface area contributed by atoms with E-state index in [2.05, 4.69) is 25.4 Å². The van der Waals surface area contributed by atoms with E-state index in [1.54, 1.807) is 0 Å². The molecule has 0 unspecified atom stereocenters. The number of nitrogens with zero attached hydrogens (tertiary/aromatic N) is 5. The molecule has 0 radical (unpaired) electrons. The fourth-order valence-electron chi connectivity index (χ4n) is 3.68. The van der Waals surface area contributed by atoms with Crippen molar-refractivity contribution in [3.8, 4) is 17.1 Å². The second kappa shape index (κ2) is 8.46. The van der Waals surface area contributed by atoms with Crippen LogP contribution in [0.15, 0.2) is 35.0 Å². The van der Waals surface area contributed by atoms with Crippen molar-refractivity contribution < 1.29 is 32.4 Å². The monoisotopic (exact) mass is 437 g/mol. The van der Waals surface area contributed by atoms with Gasteiger partial charge in [-0.25, -0.2) is 9.42 Å². The van der Waals surface area contributed by atoms with E-state index in [0.717, 1.165) is 23.3 Å². The van der Waals surface area contributed by atoms with Crippen molar-refractivity contribution in [2.75, 3.05) is 19.6 Å². The van der Waals surface area contributed by atoms with Gasteiger partial charge in [0.25, 0.3) is 0 Å². The van der Waals surface area contributed by atoms with Gasteiger partial charge >= 0.3 is 12.1 Å². The summed E-state index contributed by atoms with van der Waals surface area (Å²) >= 11 is 0. The van der Waals surface area contributed by atoms with Crippen molar-refractivity contribution in [3.63, 3.8) is 0 Å². The SMILES string of the molecule is O=C(O)C(F)(F)F.c1cc2nonc2cc1-c1ccc(O[C@H]2CN3CCC2CC3)nn1. The predicted octanol–water partition coefficient (Wildman–Crippen LogP) is 2.79.